The first kappa shape index (κ1) is 20.6. The lowest BCUT2D eigenvalue weighted by molar-refractivity contribution is -0.140. The van der Waals surface area contributed by atoms with Crippen LogP contribution in [0.15, 0.2) is 29.2 Å². The molecule has 0 aliphatic carbocycles. The van der Waals surface area contributed by atoms with Gasteiger partial charge in [-0.1, -0.05) is 44.7 Å². The van der Waals surface area contributed by atoms with Gasteiger partial charge in [-0.3, -0.25) is 9.59 Å². The van der Waals surface area contributed by atoms with Crippen LogP contribution in [0.1, 0.15) is 57.4 Å². The smallest absolute Gasteiger partial charge is 0.310 e. The number of carbonyl (C=O) groups is 2. The van der Waals surface area contributed by atoms with Gasteiger partial charge in [0.25, 0.3) is 0 Å². The van der Waals surface area contributed by atoms with Gasteiger partial charge in [-0.05, 0) is 30.5 Å². The van der Waals surface area contributed by atoms with Gasteiger partial charge in [0.05, 0.1) is 23.2 Å². The van der Waals surface area contributed by atoms with Gasteiger partial charge in [0.2, 0.25) is 0 Å². The lowest BCUT2D eigenvalue weighted by atomic mass is 10.0. The number of Topliss-reactive ketones (excluding diaryl/α,β-unsaturated/α-hetero) is 1. The van der Waals surface area contributed by atoms with E-state index in [4.69, 9.17) is 4.74 Å². The minimum atomic E-state index is -3.53. The summed E-state index contributed by atoms with van der Waals surface area (Å²) in [5, 5.41) is 0. The number of sulfone groups is 1. The van der Waals surface area contributed by atoms with Crippen LogP contribution < -0.4 is 0 Å². The molecule has 144 valence electrons. The van der Waals surface area contributed by atoms with Crippen LogP contribution in [-0.2, 0) is 30.6 Å². The van der Waals surface area contributed by atoms with Gasteiger partial charge in [-0.15, -0.1) is 0 Å². The second kappa shape index (κ2) is 9.86. The van der Waals surface area contributed by atoms with Crippen molar-refractivity contribution in [2.75, 3.05) is 12.4 Å². The van der Waals surface area contributed by atoms with E-state index in [1.807, 2.05) is 0 Å². The molecule has 6 heteroatoms. The maximum absolute atomic E-state index is 12.4. The molecule has 5 nitrogen and oxygen atoms in total. The average Bonchev–Trinajstić information content (AvgIpc) is 2.99. The molecule has 0 bridgehead atoms. The molecule has 0 unspecified atom stereocenters. The Hall–Kier alpha value is -1.69. The Morgan fingerprint density at radius 3 is 2.42 bits per heavy atom. The summed E-state index contributed by atoms with van der Waals surface area (Å²) in [4.78, 5) is 23.7. The summed E-state index contributed by atoms with van der Waals surface area (Å²) >= 11 is 0. The van der Waals surface area contributed by atoms with Gasteiger partial charge in [0.15, 0.2) is 9.84 Å². The molecule has 1 aliphatic rings. The van der Waals surface area contributed by atoms with E-state index in [0.29, 0.717) is 25.9 Å². The molecule has 1 saturated heterocycles. The topological polar surface area (TPSA) is 77.5 Å². The van der Waals surface area contributed by atoms with Crippen molar-refractivity contribution in [2.24, 2.45) is 5.92 Å². The predicted molar refractivity (Wildman–Crippen MR) is 99.6 cm³/mol. The third-order valence-corrected chi connectivity index (χ3v) is 6.54. The van der Waals surface area contributed by atoms with E-state index in [0.717, 1.165) is 18.4 Å². The molecule has 0 radical (unpaired) electrons. The maximum Gasteiger partial charge on any atom is 0.310 e. The number of carbonyl (C=O) groups excluding carboxylic acids is 2. The van der Waals surface area contributed by atoms with Crippen LogP contribution in [0, 0.1) is 5.92 Å². The second-order valence-electron chi connectivity index (χ2n) is 6.96. The zero-order valence-electron chi connectivity index (χ0n) is 15.4. The molecule has 0 N–H and O–H groups in total. The molecule has 1 fully saturated rings. The quantitative estimate of drug-likeness (QED) is 0.434. The van der Waals surface area contributed by atoms with Gasteiger partial charge in [-0.2, -0.15) is 0 Å². The summed E-state index contributed by atoms with van der Waals surface area (Å²) in [6.07, 6.45) is 6.93. The monoisotopic (exact) mass is 380 g/mol. The number of ketones is 1. The summed E-state index contributed by atoms with van der Waals surface area (Å²) in [6, 6.07) is 6.43. The maximum atomic E-state index is 12.4. The van der Waals surface area contributed by atoms with E-state index in [9.17, 15) is 18.0 Å². The number of esters is 1. The van der Waals surface area contributed by atoms with E-state index in [1.165, 1.54) is 31.4 Å². The van der Waals surface area contributed by atoms with Crippen molar-refractivity contribution in [3.8, 4) is 0 Å². The molecule has 2 rings (SSSR count). The number of unbranched alkanes of at least 4 members (excludes halogenated alkanes) is 4. The molecule has 0 amide bonds. The van der Waals surface area contributed by atoms with Gasteiger partial charge >= 0.3 is 5.97 Å². The largest absolute Gasteiger partial charge is 0.465 e. The van der Waals surface area contributed by atoms with Crippen molar-refractivity contribution >= 4 is 21.6 Å². The van der Waals surface area contributed by atoms with Crippen LogP contribution in [0.25, 0.3) is 0 Å². The number of hydrogen-bond acceptors (Lipinski definition) is 5. The summed E-state index contributed by atoms with van der Waals surface area (Å²) in [5.74, 6) is -1.04. The molecule has 0 saturated carbocycles. The number of cyclic esters (lactones) is 1. The fourth-order valence-electron chi connectivity index (χ4n) is 3.11. The summed E-state index contributed by atoms with van der Waals surface area (Å²) < 4.78 is 29.7. The Morgan fingerprint density at radius 1 is 1.12 bits per heavy atom. The standard InChI is InChI=1S/C20H28O5S/c1-2-3-4-5-6-7-18(21)14-16-8-10-19(11-9-16)26(23,24)15-17-12-13-25-20(17)22/h8-11,17H,2-7,12-15H2,1H3/t17-/m1/s1. The Labute approximate surface area is 156 Å². The lowest BCUT2D eigenvalue weighted by Crippen LogP contribution is -2.20. The number of ether oxygens (including phenoxy) is 1. The zero-order valence-corrected chi connectivity index (χ0v) is 16.2. The summed E-state index contributed by atoms with van der Waals surface area (Å²) in [5.41, 5.74) is 0.822. The van der Waals surface area contributed by atoms with Crippen LogP contribution in [0.4, 0.5) is 0 Å². The van der Waals surface area contributed by atoms with E-state index < -0.39 is 21.7 Å². The summed E-state index contributed by atoms with van der Waals surface area (Å²) in [7, 11) is -3.53. The second-order valence-corrected chi connectivity index (χ2v) is 8.99. The molecular weight excluding hydrogens is 352 g/mol. The van der Waals surface area contributed by atoms with Gasteiger partial charge in [-0.25, -0.2) is 8.42 Å². The molecule has 26 heavy (non-hydrogen) atoms. The van der Waals surface area contributed by atoms with E-state index in [-0.39, 0.29) is 16.4 Å². The van der Waals surface area contributed by atoms with Crippen molar-refractivity contribution in [2.45, 2.75) is 63.2 Å². The van der Waals surface area contributed by atoms with Crippen molar-refractivity contribution in [3.05, 3.63) is 29.8 Å². The number of benzene rings is 1. The molecule has 1 heterocycles. The van der Waals surface area contributed by atoms with E-state index in [1.54, 1.807) is 12.1 Å². The highest BCUT2D eigenvalue weighted by Gasteiger charge is 2.32. The van der Waals surface area contributed by atoms with Crippen molar-refractivity contribution in [3.63, 3.8) is 0 Å². The van der Waals surface area contributed by atoms with Crippen LogP contribution >= 0.6 is 0 Å². The van der Waals surface area contributed by atoms with Crippen molar-refractivity contribution in [1.29, 1.82) is 0 Å². The number of hydrogen-bond donors (Lipinski definition) is 0. The fraction of sp³-hybridized carbons (Fsp3) is 0.600. The highest BCUT2D eigenvalue weighted by Crippen LogP contribution is 2.21. The third kappa shape index (κ3) is 6.24. The SMILES string of the molecule is CCCCCCCC(=O)Cc1ccc(S(=O)(=O)C[C@H]2CCOC2=O)cc1. The Morgan fingerprint density at radius 2 is 1.81 bits per heavy atom. The average molecular weight is 381 g/mol. The Bertz CT molecular complexity index is 706. The third-order valence-electron chi connectivity index (χ3n) is 4.71. The number of rotatable bonds is 11. The van der Waals surface area contributed by atoms with Crippen LogP contribution in [0.2, 0.25) is 0 Å². The molecular formula is C20H28O5S. The highest BCUT2D eigenvalue weighted by atomic mass is 32.2. The normalized spacial score (nSPS) is 17.3. The minimum Gasteiger partial charge on any atom is -0.465 e. The van der Waals surface area contributed by atoms with Crippen LogP contribution in [-0.4, -0.2) is 32.5 Å². The molecule has 1 aliphatic heterocycles. The fourth-order valence-corrected chi connectivity index (χ4v) is 4.68. The summed E-state index contributed by atoms with van der Waals surface area (Å²) in [6.45, 7) is 2.45. The predicted octanol–water partition coefficient (Wildman–Crippen LogP) is 3.50. The van der Waals surface area contributed by atoms with Gasteiger partial charge < -0.3 is 4.74 Å². The van der Waals surface area contributed by atoms with Crippen molar-refractivity contribution in [1.82, 2.24) is 0 Å². The molecule has 0 spiro atoms. The molecule has 0 aromatic heterocycles. The van der Waals surface area contributed by atoms with Crippen molar-refractivity contribution < 1.29 is 22.7 Å². The van der Waals surface area contributed by atoms with Gasteiger partial charge in [0.1, 0.15) is 5.78 Å². The first-order valence-electron chi connectivity index (χ1n) is 9.42. The minimum absolute atomic E-state index is 0.186. The van der Waals surface area contributed by atoms with Crippen LogP contribution in [0.3, 0.4) is 0 Å². The Balaban J connectivity index is 1.85. The molecule has 1 aromatic carbocycles. The zero-order chi connectivity index (χ0) is 19.0. The van der Waals surface area contributed by atoms with Gasteiger partial charge in [0, 0.05) is 12.8 Å². The molecule has 1 aromatic rings. The van der Waals surface area contributed by atoms with E-state index in [2.05, 4.69) is 6.92 Å². The lowest BCUT2D eigenvalue weighted by Gasteiger charge is -2.08. The van der Waals surface area contributed by atoms with Crippen LogP contribution in [0.5, 0.6) is 0 Å². The Kier molecular flexibility index (Phi) is 7.82. The highest BCUT2D eigenvalue weighted by molar-refractivity contribution is 7.91. The first-order valence-corrected chi connectivity index (χ1v) is 11.1. The first-order chi connectivity index (χ1) is 12.4. The van der Waals surface area contributed by atoms with E-state index >= 15 is 0 Å². The molecule has 1 atom stereocenters.